The third-order valence-electron chi connectivity index (χ3n) is 3.38. The first-order valence-electron chi connectivity index (χ1n) is 6.69. The van der Waals surface area contributed by atoms with Crippen LogP contribution in [0.15, 0.2) is 59.4 Å². The maximum Gasteiger partial charge on any atom is 0.231 e. The smallest absolute Gasteiger partial charge is 0.231 e. The zero-order chi connectivity index (χ0) is 14.1. The summed E-state index contributed by atoms with van der Waals surface area (Å²) in [6.07, 6.45) is 4.30. The second-order valence-corrected chi connectivity index (χ2v) is 4.76. The molecule has 1 aromatic carbocycles. The number of hydrogen-bond acceptors (Lipinski definition) is 4. The Kier molecular flexibility index (Phi) is 2.74. The normalized spacial score (nSPS) is 11.0. The Morgan fingerprint density at radius 3 is 2.86 bits per heavy atom. The summed E-state index contributed by atoms with van der Waals surface area (Å²) in [6.45, 7) is 0. The second kappa shape index (κ2) is 4.86. The van der Waals surface area contributed by atoms with Gasteiger partial charge in [0.15, 0.2) is 0 Å². The molecular weight excluding hydrogens is 264 g/mol. The SMILES string of the molecule is c1ccc(-c2noc(Cc3c[nH]c4ccccc34)n2)nc1. The number of nitrogens with zero attached hydrogens (tertiary/aromatic N) is 3. The monoisotopic (exact) mass is 276 g/mol. The lowest BCUT2D eigenvalue weighted by Crippen LogP contribution is -1.88. The van der Waals surface area contributed by atoms with E-state index in [1.54, 1.807) is 6.20 Å². The van der Waals surface area contributed by atoms with E-state index < -0.39 is 0 Å². The van der Waals surface area contributed by atoms with Gasteiger partial charge in [-0.25, -0.2) is 0 Å². The maximum absolute atomic E-state index is 5.33. The molecule has 4 rings (SSSR count). The van der Waals surface area contributed by atoms with E-state index >= 15 is 0 Å². The van der Waals surface area contributed by atoms with Crippen LogP contribution in [0.4, 0.5) is 0 Å². The van der Waals surface area contributed by atoms with E-state index in [1.807, 2.05) is 42.6 Å². The number of H-pyrrole nitrogens is 1. The van der Waals surface area contributed by atoms with Crippen molar-refractivity contribution in [2.24, 2.45) is 0 Å². The van der Waals surface area contributed by atoms with Crippen LogP contribution >= 0.6 is 0 Å². The highest BCUT2D eigenvalue weighted by Crippen LogP contribution is 2.21. The Labute approximate surface area is 120 Å². The molecule has 1 N–H and O–H groups in total. The minimum absolute atomic E-state index is 0.519. The Morgan fingerprint density at radius 2 is 1.95 bits per heavy atom. The number of rotatable bonds is 3. The largest absolute Gasteiger partial charge is 0.361 e. The van der Waals surface area contributed by atoms with Crippen LogP contribution in [0.5, 0.6) is 0 Å². The highest BCUT2D eigenvalue weighted by Gasteiger charge is 2.12. The summed E-state index contributed by atoms with van der Waals surface area (Å²) >= 11 is 0. The van der Waals surface area contributed by atoms with E-state index in [4.69, 9.17) is 4.52 Å². The summed E-state index contributed by atoms with van der Waals surface area (Å²) in [4.78, 5) is 11.9. The fourth-order valence-electron chi connectivity index (χ4n) is 2.37. The molecule has 102 valence electrons. The number of hydrogen-bond donors (Lipinski definition) is 1. The first-order chi connectivity index (χ1) is 10.4. The fraction of sp³-hybridized carbons (Fsp3) is 0.0625. The number of nitrogens with one attached hydrogen (secondary N) is 1. The van der Waals surface area contributed by atoms with Crippen molar-refractivity contribution >= 4 is 10.9 Å². The first-order valence-corrected chi connectivity index (χ1v) is 6.69. The molecule has 5 nitrogen and oxygen atoms in total. The number of aromatic nitrogens is 4. The molecule has 21 heavy (non-hydrogen) atoms. The van der Waals surface area contributed by atoms with E-state index in [0.717, 1.165) is 11.1 Å². The van der Waals surface area contributed by atoms with Gasteiger partial charge in [0.25, 0.3) is 0 Å². The molecule has 0 atom stereocenters. The number of fused-ring (bicyclic) bond motifs is 1. The molecule has 0 spiro atoms. The van der Waals surface area contributed by atoms with E-state index in [-0.39, 0.29) is 0 Å². The minimum atomic E-state index is 0.519. The van der Waals surface area contributed by atoms with Crippen molar-refractivity contribution in [2.45, 2.75) is 6.42 Å². The molecule has 0 fully saturated rings. The molecule has 0 aliphatic rings. The number of benzene rings is 1. The summed E-state index contributed by atoms with van der Waals surface area (Å²) in [6, 6.07) is 13.8. The minimum Gasteiger partial charge on any atom is -0.361 e. The van der Waals surface area contributed by atoms with Crippen LogP contribution in [0.1, 0.15) is 11.5 Å². The lowest BCUT2D eigenvalue weighted by molar-refractivity contribution is 0.386. The molecule has 0 aliphatic carbocycles. The Balaban J connectivity index is 1.65. The molecule has 0 saturated carbocycles. The third-order valence-corrected chi connectivity index (χ3v) is 3.38. The Hall–Kier alpha value is -2.95. The molecule has 0 radical (unpaired) electrons. The molecule has 4 aromatic rings. The van der Waals surface area contributed by atoms with Gasteiger partial charge in [0, 0.05) is 23.3 Å². The summed E-state index contributed by atoms with van der Waals surface area (Å²) in [5.74, 6) is 1.10. The van der Waals surface area contributed by atoms with Crippen molar-refractivity contribution in [1.29, 1.82) is 0 Å². The lowest BCUT2D eigenvalue weighted by atomic mass is 10.1. The van der Waals surface area contributed by atoms with Gasteiger partial charge < -0.3 is 9.51 Å². The lowest BCUT2D eigenvalue weighted by Gasteiger charge is -1.93. The number of pyridine rings is 1. The van der Waals surface area contributed by atoms with Crippen LogP contribution in [0.2, 0.25) is 0 Å². The van der Waals surface area contributed by atoms with Crippen molar-refractivity contribution in [3.63, 3.8) is 0 Å². The van der Waals surface area contributed by atoms with E-state index in [0.29, 0.717) is 23.8 Å². The van der Waals surface area contributed by atoms with Gasteiger partial charge in [-0.05, 0) is 23.8 Å². The van der Waals surface area contributed by atoms with Crippen LogP contribution < -0.4 is 0 Å². The molecule has 0 unspecified atom stereocenters. The standard InChI is InChI=1S/C16H12N4O/c1-2-6-13-12(5-1)11(10-18-13)9-15-19-16(20-21-15)14-7-3-4-8-17-14/h1-8,10,18H,9H2. The van der Waals surface area contributed by atoms with Crippen LogP contribution in [0, 0.1) is 0 Å². The third kappa shape index (κ3) is 2.18. The molecule has 0 aliphatic heterocycles. The summed E-state index contributed by atoms with van der Waals surface area (Å²) in [5.41, 5.74) is 2.96. The van der Waals surface area contributed by atoms with E-state index in [2.05, 4.69) is 26.2 Å². The average Bonchev–Trinajstić information content (AvgIpc) is 3.17. The van der Waals surface area contributed by atoms with Gasteiger partial charge >= 0.3 is 0 Å². The van der Waals surface area contributed by atoms with Gasteiger partial charge in [0.1, 0.15) is 5.69 Å². The zero-order valence-corrected chi connectivity index (χ0v) is 11.2. The van der Waals surface area contributed by atoms with Crippen molar-refractivity contribution in [3.05, 3.63) is 66.3 Å². The molecule has 3 heterocycles. The van der Waals surface area contributed by atoms with Crippen molar-refractivity contribution < 1.29 is 4.52 Å². The highest BCUT2D eigenvalue weighted by atomic mass is 16.5. The predicted molar refractivity (Wildman–Crippen MR) is 78.6 cm³/mol. The zero-order valence-electron chi connectivity index (χ0n) is 11.2. The highest BCUT2D eigenvalue weighted by molar-refractivity contribution is 5.83. The molecular formula is C16H12N4O. The average molecular weight is 276 g/mol. The van der Waals surface area contributed by atoms with Gasteiger partial charge in [0.2, 0.25) is 11.7 Å². The molecule has 5 heteroatoms. The van der Waals surface area contributed by atoms with E-state index in [1.165, 1.54) is 5.39 Å². The Morgan fingerprint density at radius 1 is 1.05 bits per heavy atom. The van der Waals surface area contributed by atoms with Crippen molar-refractivity contribution in [3.8, 4) is 11.5 Å². The Bertz CT molecular complexity index is 879. The fourth-order valence-corrected chi connectivity index (χ4v) is 2.37. The molecule has 0 amide bonds. The quantitative estimate of drug-likeness (QED) is 0.624. The molecule has 0 bridgehead atoms. The first kappa shape index (κ1) is 11.8. The summed E-state index contributed by atoms with van der Waals surface area (Å²) in [7, 11) is 0. The van der Waals surface area contributed by atoms with Gasteiger partial charge in [-0.15, -0.1) is 0 Å². The maximum atomic E-state index is 5.33. The summed E-state index contributed by atoms with van der Waals surface area (Å²) < 4.78 is 5.33. The molecule has 3 aromatic heterocycles. The van der Waals surface area contributed by atoms with Gasteiger partial charge in [-0.2, -0.15) is 4.98 Å². The van der Waals surface area contributed by atoms with Crippen LogP contribution in [0.25, 0.3) is 22.4 Å². The number of para-hydroxylation sites is 1. The summed E-state index contributed by atoms with van der Waals surface area (Å²) in [5, 5.41) is 5.16. The van der Waals surface area contributed by atoms with Crippen molar-refractivity contribution in [1.82, 2.24) is 20.1 Å². The van der Waals surface area contributed by atoms with Gasteiger partial charge in [-0.3, -0.25) is 4.98 Å². The molecule has 0 saturated heterocycles. The van der Waals surface area contributed by atoms with Crippen LogP contribution in [-0.4, -0.2) is 20.1 Å². The van der Waals surface area contributed by atoms with Crippen LogP contribution in [0.3, 0.4) is 0 Å². The van der Waals surface area contributed by atoms with E-state index in [9.17, 15) is 0 Å². The predicted octanol–water partition coefficient (Wildman–Crippen LogP) is 3.20. The van der Waals surface area contributed by atoms with Crippen molar-refractivity contribution in [2.75, 3.05) is 0 Å². The topological polar surface area (TPSA) is 67.6 Å². The van der Waals surface area contributed by atoms with Crippen LogP contribution in [-0.2, 0) is 6.42 Å². The van der Waals surface area contributed by atoms with Gasteiger partial charge in [-0.1, -0.05) is 29.4 Å². The number of aromatic amines is 1. The second-order valence-electron chi connectivity index (χ2n) is 4.76. The van der Waals surface area contributed by atoms with Gasteiger partial charge in [0.05, 0.1) is 6.42 Å².